The molecule has 2 aromatic rings. The molecule has 3 unspecified atom stereocenters. The van der Waals surface area contributed by atoms with Crippen LogP contribution in [0.3, 0.4) is 0 Å². The molecule has 3 atom stereocenters. The lowest BCUT2D eigenvalue weighted by atomic mass is 9.88. The van der Waals surface area contributed by atoms with Gasteiger partial charge in [0.05, 0.1) is 12.0 Å². The first-order valence-electron chi connectivity index (χ1n) is 10.4. The van der Waals surface area contributed by atoms with Gasteiger partial charge in [-0.3, -0.25) is 15.6 Å². The number of anilines is 1. The number of carbonyl (C=O) groups excluding carboxylic acids is 1. The van der Waals surface area contributed by atoms with Crippen molar-refractivity contribution in [2.24, 2.45) is 0 Å². The minimum Gasteiger partial charge on any atom is -0.497 e. The molecule has 1 amide bonds. The van der Waals surface area contributed by atoms with Gasteiger partial charge >= 0.3 is 0 Å². The van der Waals surface area contributed by atoms with Crippen LogP contribution in [0, 0.1) is 0 Å². The lowest BCUT2D eigenvalue weighted by molar-refractivity contribution is -0.114. The highest BCUT2D eigenvalue weighted by atomic mass is 32.2. The molecule has 4 rings (SSSR count). The Labute approximate surface area is 183 Å². The second-order valence-corrected chi connectivity index (χ2v) is 9.86. The number of amides is 1. The van der Waals surface area contributed by atoms with Crippen LogP contribution in [0.15, 0.2) is 53.4 Å². The molecule has 0 bridgehead atoms. The maximum atomic E-state index is 13.4. The van der Waals surface area contributed by atoms with E-state index in [1.165, 1.54) is 6.92 Å². The fourth-order valence-corrected chi connectivity index (χ4v) is 6.26. The molecule has 2 fully saturated rings. The minimum absolute atomic E-state index is 0.0527. The van der Waals surface area contributed by atoms with Gasteiger partial charge in [0, 0.05) is 43.7 Å². The lowest BCUT2D eigenvalue weighted by Gasteiger charge is -2.32. The third kappa shape index (κ3) is 4.45. The zero-order valence-corrected chi connectivity index (χ0v) is 18.5. The number of carbonyl (C=O) groups is 1. The smallest absolute Gasteiger partial charge is 0.243 e. The second-order valence-electron chi connectivity index (χ2n) is 7.97. The largest absolute Gasteiger partial charge is 0.497 e. The Morgan fingerprint density at radius 2 is 1.97 bits per heavy atom. The summed E-state index contributed by atoms with van der Waals surface area (Å²) in [6.45, 7) is 2.62. The SMILES string of the molecule is COc1cccc(C2CNNC2C2CCCN2S(=O)(=O)c2ccc(NC(C)=O)cc2)c1. The van der Waals surface area contributed by atoms with Gasteiger partial charge in [-0.05, 0) is 54.8 Å². The van der Waals surface area contributed by atoms with Crippen LogP contribution in [0.2, 0.25) is 0 Å². The molecule has 31 heavy (non-hydrogen) atoms. The number of ether oxygens (including phenoxy) is 1. The standard InChI is InChI=1S/C22H28N4O4S/c1-15(27)24-17-8-10-19(11-9-17)31(28,29)26-12-4-7-21(26)22-20(14-23-25-22)16-5-3-6-18(13-16)30-2/h3,5-6,8-11,13,20-23,25H,4,7,12,14H2,1-2H3,(H,24,27). The molecular formula is C22H28N4O4S. The summed E-state index contributed by atoms with van der Waals surface area (Å²) < 4.78 is 33.9. The Bertz CT molecular complexity index is 1040. The van der Waals surface area contributed by atoms with E-state index in [0.29, 0.717) is 18.8 Å². The molecule has 3 N–H and O–H groups in total. The van der Waals surface area contributed by atoms with Crippen LogP contribution in [0.5, 0.6) is 5.75 Å². The van der Waals surface area contributed by atoms with E-state index >= 15 is 0 Å². The van der Waals surface area contributed by atoms with Gasteiger partial charge in [-0.1, -0.05) is 12.1 Å². The average Bonchev–Trinajstić information content (AvgIpc) is 3.43. The summed E-state index contributed by atoms with van der Waals surface area (Å²) >= 11 is 0. The summed E-state index contributed by atoms with van der Waals surface area (Å²) in [7, 11) is -2.02. The number of nitrogens with zero attached hydrogens (tertiary/aromatic N) is 1. The van der Waals surface area contributed by atoms with E-state index in [4.69, 9.17) is 4.74 Å². The molecule has 2 aromatic carbocycles. The summed E-state index contributed by atoms with van der Waals surface area (Å²) in [5.74, 6) is 0.718. The third-order valence-electron chi connectivity index (χ3n) is 5.99. The molecule has 0 saturated carbocycles. The van der Waals surface area contributed by atoms with Crippen LogP contribution in [0.1, 0.15) is 31.2 Å². The number of hydrazine groups is 1. The lowest BCUT2D eigenvalue weighted by Crippen LogP contribution is -2.49. The molecule has 2 aliphatic rings. The van der Waals surface area contributed by atoms with Crippen LogP contribution in [-0.4, -0.2) is 50.9 Å². The summed E-state index contributed by atoms with van der Waals surface area (Å²) in [5.41, 5.74) is 8.23. The van der Waals surface area contributed by atoms with Crippen molar-refractivity contribution in [3.05, 3.63) is 54.1 Å². The van der Waals surface area contributed by atoms with Crippen molar-refractivity contribution in [2.75, 3.05) is 25.5 Å². The zero-order chi connectivity index (χ0) is 22.0. The van der Waals surface area contributed by atoms with Crippen molar-refractivity contribution >= 4 is 21.6 Å². The van der Waals surface area contributed by atoms with Gasteiger partial charge in [0.2, 0.25) is 15.9 Å². The first-order valence-corrected chi connectivity index (χ1v) is 11.9. The monoisotopic (exact) mass is 444 g/mol. The van der Waals surface area contributed by atoms with E-state index < -0.39 is 10.0 Å². The Hall–Kier alpha value is -2.46. The van der Waals surface area contributed by atoms with Crippen molar-refractivity contribution in [3.63, 3.8) is 0 Å². The molecule has 8 nitrogen and oxygen atoms in total. The van der Waals surface area contributed by atoms with E-state index in [1.807, 2.05) is 18.2 Å². The van der Waals surface area contributed by atoms with E-state index in [1.54, 1.807) is 35.7 Å². The van der Waals surface area contributed by atoms with E-state index in [9.17, 15) is 13.2 Å². The highest BCUT2D eigenvalue weighted by molar-refractivity contribution is 7.89. The molecule has 2 saturated heterocycles. The van der Waals surface area contributed by atoms with Crippen molar-refractivity contribution in [1.29, 1.82) is 0 Å². The van der Waals surface area contributed by atoms with Gasteiger partial charge < -0.3 is 10.1 Å². The molecule has 0 radical (unpaired) electrons. The van der Waals surface area contributed by atoms with Crippen molar-refractivity contribution in [1.82, 2.24) is 15.2 Å². The van der Waals surface area contributed by atoms with Crippen LogP contribution < -0.4 is 20.9 Å². The number of hydrogen-bond donors (Lipinski definition) is 3. The number of hydrogen-bond acceptors (Lipinski definition) is 6. The summed E-state index contributed by atoms with van der Waals surface area (Å²) in [5, 5.41) is 2.66. The number of rotatable bonds is 6. The van der Waals surface area contributed by atoms with E-state index in [-0.39, 0.29) is 28.8 Å². The first-order chi connectivity index (χ1) is 14.9. The molecule has 0 aromatic heterocycles. The minimum atomic E-state index is -3.66. The average molecular weight is 445 g/mol. The summed E-state index contributed by atoms with van der Waals surface area (Å²) in [6, 6.07) is 14.1. The zero-order valence-electron chi connectivity index (χ0n) is 17.7. The Morgan fingerprint density at radius 3 is 2.68 bits per heavy atom. The van der Waals surface area contributed by atoms with E-state index in [2.05, 4.69) is 22.2 Å². The Kier molecular flexibility index (Phi) is 6.29. The van der Waals surface area contributed by atoms with Gasteiger partial charge in [-0.2, -0.15) is 4.31 Å². The second kappa shape index (κ2) is 8.96. The predicted octanol–water partition coefficient (Wildman–Crippen LogP) is 2.07. The van der Waals surface area contributed by atoms with Crippen LogP contribution in [0.4, 0.5) is 5.69 Å². The summed E-state index contributed by atoms with van der Waals surface area (Å²) in [6.07, 6.45) is 1.61. The summed E-state index contributed by atoms with van der Waals surface area (Å²) in [4.78, 5) is 11.5. The Balaban J connectivity index is 1.58. The van der Waals surface area contributed by atoms with E-state index in [0.717, 1.165) is 24.2 Å². The van der Waals surface area contributed by atoms with Gasteiger partial charge in [-0.25, -0.2) is 8.42 Å². The molecule has 0 aliphatic carbocycles. The van der Waals surface area contributed by atoms with Crippen LogP contribution in [-0.2, 0) is 14.8 Å². The van der Waals surface area contributed by atoms with Gasteiger partial charge in [0.1, 0.15) is 5.75 Å². The predicted molar refractivity (Wildman–Crippen MR) is 118 cm³/mol. The first kappa shape index (κ1) is 21.8. The van der Waals surface area contributed by atoms with Crippen molar-refractivity contribution < 1.29 is 17.9 Å². The fraction of sp³-hybridized carbons (Fsp3) is 0.409. The number of sulfonamides is 1. The number of methoxy groups -OCH3 is 1. The van der Waals surface area contributed by atoms with Gasteiger partial charge in [-0.15, -0.1) is 0 Å². The van der Waals surface area contributed by atoms with Crippen LogP contribution >= 0.6 is 0 Å². The maximum absolute atomic E-state index is 13.4. The molecular weight excluding hydrogens is 416 g/mol. The molecule has 9 heteroatoms. The van der Waals surface area contributed by atoms with Crippen molar-refractivity contribution in [3.8, 4) is 5.75 Å². The highest BCUT2D eigenvalue weighted by Gasteiger charge is 2.44. The quantitative estimate of drug-likeness (QED) is 0.631. The topological polar surface area (TPSA) is 99.8 Å². The number of benzene rings is 2. The normalized spacial score (nSPS) is 24.3. The maximum Gasteiger partial charge on any atom is 0.243 e. The molecule has 166 valence electrons. The fourth-order valence-electron chi connectivity index (χ4n) is 4.55. The number of nitrogens with one attached hydrogen (secondary N) is 3. The highest BCUT2D eigenvalue weighted by Crippen LogP contribution is 2.35. The molecule has 0 spiro atoms. The third-order valence-corrected chi connectivity index (χ3v) is 7.93. The molecule has 2 heterocycles. The van der Waals surface area contributed by atoms with Crippen molar-refractivity contribution in [2.45, 2.75) is 42.7 Å². The van der Waals surface area contributed by atoms with Gasteiger partial charge in [0.15, 0.2) is 0 Å². The van der Waals surface area contributed by atoms with Gasteiger partial charge in [0.25, 0.3) is 0 Å². The van der Waals surface area contributed by atoms with Crippen LogP contribution in [0.25, 0.3) is 0 Å². The Morgan fingerprint density at radius 1 is 1.19 bits per heavy atom. The molecule has 2 aliphatic heterocycles.